The van der Waals surface area contributed by atoms with Gasteiger partial charge in [0, 0.05) is 5.69 Å². The van der Waals surface area contributed by atoms with Crippen LogP contribution in [0.15, 0.2) is 18.2 Å². The zero-order valence-corrected chi connectivity index (χ0v) is 12.8. The van der Waals surface area contributed by atoms with Gasteiger partial charge < -0.3 is 9.84 Å². The predicted molar refractivity (Wildman–Crippen MR) is 76.9 cm³/mol. The molecule has 116 valence electrons. The molecule has 0 saturated carbocycles. The highest BCUT2D eigenvalue weighted by Gasteiger charge is 2.33. The molecule has 0 atom stereocenters. The van der Waals surface area contributed by atoms with E-state index in [9.17, 15) is 19.1 Å². The summed E-state index contributed by atoms with van der Waals surface area (Å²) in [6, 6.07) is 3.56. The van der Waals surface area contributed by atoms with Crippen molar-refractivity contribution in [2.24, 2.45) is 0 Å². The summed E-state index contributed by atoms with van der Waals surface area (Å²) in [5.74, 6) is -1.70. The van der Waals surface area contributed by atoms with Crippen molar-refractivity contribution in [3.8, 4) is 0 Å². The molecule has 6 heteroatoms. The van der Waals surface area contributed by atoms with Gasteiger partial charge in [-0.15, -0.1) is 0 Å². The molecule has 1 aromatic rings. The lowest BCUT2D eigenvalue weighted by Crippen LogP contribution is -2.32. The van der Waals surface area contributed by atoms with Crippen LogP contribution in [0.2, 0.25) is 0 Å². The number of carbonyl (C=O) groups excluding carboxylic acids is 1. The molecule has 1 aromatic carbocycles. The van der Waals surface area contributed by atoms with Crippen LogP contribution in [0.5, 0.6) is 0 Å². The lowest BCUT2D eigenvalue weighted by atomic mass is 9.83. The first-order valence-corrected chi connectivity index (χ1v) is 6.47. The minimum atomic E-state index is -1.35. The van der Waals surface area contributed by atoms with E-state index in [1.807, 2.05) is 0 Å². The Morgan fingerprint density at radius 1 is 1.19 bits per heavy atom. The van der Waals surface area contributed by atoms with Gasteiger partial charge in [0.2, 0.25) is 0 Å². The first-order valence-electron chi connectivity index (χ1n) is 6.47. The number of hydrogen-bond acceptors (Lipinski definition) is 3. The van der Waals surface area contributed by atoms with Crippen molar-refractivity contribution in [1.82, 2.24) is 0 Å². The molecule has 0 radical (unpaired) electrons. The van der Waals surface area contributed by atoms with Crippen LogP contribution in [0.1, 0.15) is 40.2 Å². The summed E-state index contributed by atoms with van der Waals surface area (Å²) in [6.07, 6.45) is -0.725. The van der Waals surface area contributed by atoms with E-state index < -0.39 is 28.9 Å². The fraction of sp³-hybridized carbons (Fsp3) is 0.467. The number of carbonyl (C=O) groups is 2. The molecule has 2 N–H and O–H groups in total. The van der Waals surface area contributed by atoms with Crippen molar-refractivity contribution in [2.75, 3.05) is 5.32 Å². The number of amides is 1. The molecule has 1 amide bonds. The number of aliphatic carboxylic acids is 1. The van der Waals surface area contributed by atoms with Gasteiger partial charge in [0.05, 0.1) is 5.41 Å². The summed E-state index contributed by atoms with van der Waals surface area (Å²) in [4.78, 5) is 23.1. The standard InChI is InChI=1S/C15H20FNO4/c1-14(2,3)21-13(20)17-11-7-6-9(16)8-10(11)15(4,5)12(18)19/h6-8H,1-5H3,(H,17,20)(H,18,19). The maximum absolute atomic E-state index is 13.4. The molecule has 0 fully saturated rings. The number of carboxylic acids is 1. The minimum absolute atomic E-state index is 0.167. The number of anilines is 1. The molecule has 0 heterocycles. The molecule has 0 spiro atoms. The molecule has 0 saturated heterocycles. The van der Waals surface area contributed by atoms with Gasteiger partial charge in [-0.25, -0.2) is 9.18 Å². The first-order chi connectivity index (χ1) is 9.43. The lowest BCUT2D eigenvalue weighted by Gasteiger charge is -2.25. The highest BCUT2D eigenvalue weighted by atomic mass is 19.1. The molecular weight excluding hydrogens is 277 g/mol. The van der Waals surface area contributed by atoms with Gasteiger partial charge >= 0.3 is 12.1 Å². The number of halogens is 1. The number of carboxylic acid groups (broad SMARTS) is 1. The summed E-state index contributed by atoms with van der Waals surface area (Å²) in [7, 11) is 0. The Bertz CT molecular complexity index is 561. The molecule has 0 aliphatic heterocycles. The third-order valence-electron chi connectivity index (χ3n) is 2.83. The van der Waals surface area contributed by atoms with E-state index in [-0.39, 0.29) is 11.3 Å². The van der Waals surface area contributed by atoms with Crippen molar-refractivity contribution in [1.29, 1.82) is 0 Å². The van der Waals surface area contributed by atoms with Gasteiger partial charge in [0.1, 0.15) is 11.4 Å². The first kappa shape index (κ1) is 16.9. The van der Waals surface area contributed by atoms with Gasteiger partial charge in [0.15, 0.2) is 0 Å². The Morgan fingerprint density at radius 3 is 2.24 bits per heavy atom. The van der Waals surface area contributed by atoms with Crippen LogP contribution in [0.25, 0.3) is 0 Å². The number of benzene rings is 1. The molecule has 1 rings (SSSR count). The molecular formula is C15H20FNO4. The Kier molecular flexibility index (Phi) is 4.61. The molecule has 0 aliphatic carbocycles. The normalized spacial score (nSPS) is 11.9. The number of ether oxygens (including phenoxy) is 1. The van der Waals surface area contributed by atoms with Crippen LogP contribution in [0.3, 0.4) is 0 Å². The zero-order chi connectivity index (χ0) is 16.4. The van der Waals surface area contributed by atoms with Crippen LogP contribution in [-0.4, -0.2) is 22.8 Å². The Morgan fingerprint density at radius 2 is 1.76 bits per heavy atom. The van der Waals surface area contributed by atoms with Crippen molar-refractivity contribution in [3.63, 3.8) is 0 Å². The van der Waals surface area contributed by atoms with E-state index in [0.29, 0.717) is 0 Å². The van der Waals surface area contributed by atoms with Gasteiger partial charge in [-0.05, 0) is 58.4 Å². The monoisotopic (exact) mass is 297 g/mol. The number of nitrogens with one attached hydrogen (secondary N) is 1. The highest BCUT2D eigenvalue weighted by Crippen LogP contribution is 2.31. The van der Waals surface area contributed by atoms with E-state index in [0.717, 1.165) is 12.1 Å². The average molecular weight is 297 g/mol. The molecule has 0 bridgehead atoms. The van der Waals surface area contributed by atoms with E-state index in [1.165, 1.54) is 19.9 Å². The Labute approximate surface area is 123 Å². The zero-order valence-electron chi connectivity index (χ0n) is 12.8. The summed E-state index contributed by atoms with van der Waals surface area (Å²) >= 11 is 0. The maximum atomic E-state index is 13.4. The maximum Gasteiger partial charge on any atom is 0.412 e. The fourth-order valence-electron chi connectivity index (χ4n) is 1.67. The predicted octanol–water partition coefficient (Wildman–Crippen LogP) is 3.53. The second-order valence-electron chi connectivity index (χ2n) is 6.25. The van der Waals surface area contributed by atoms with E-state index in [2.05, 4.69) is 5.32 Å². The third kappa shape index (κ3) is 4.44. The van der Waals surface area contributed by atoms with Crippen LogP contribution >= 0.6 is 0 Å². The van der Waals surface area contributed by atoms with Gasteiger partial charge in [-0.2, -0.15) is 0 Å². The van der Waals surface area contributed by atoms with Gasteiger partial charge in [-0.1, -0.05) is 0 Å². The van der Waals surface area contributed by atoms with Crippen LogP contribution in [0, 0.1) is 5.82 Å². The van der Waals surface area contributed by atoms with Crippen molar-refractivity contribution in [2.45, 2.75) is 45.6 Å². The number of hydrogen-bond donors (Lipinski definition) is 2. The van der Waals surface area contributed by atoms with Crippen molar-refractivity contribution in [3.05, 3.63) is 29.6 Å². The van der Waals surface area contributed by atoms with Crippen molar-refractivity contribution < 1.29 is 23.8 Å². The Hall–Kier alpha value is -2.11. The van der Waals surface area contributed by atoms with Gasteiger partial charge in [-0.3, -0.25) is 10.1 Å². The van der Waals surface area contributed by atoms with Crippen LogP contribution < -0.4 is 5.32 Å². The fourth-order valence-corrected chi connectivity index (χ4v) is 1.67. The average Bonchev–Trinajstić information content (AvgIpc) is 2.28. The summed E-state index contributed by atoms with van der Waals surface area (Å²) in [5.41, 5.74) is -1.67. The van der Waals surface area contributed by atoms with Crippen LogP contribution in [0.4, 0.5) is 14.9 Å². The highest BCUT2D eigenvalue weighted by molar-refractivity contribution is 5.89. The summed E-state index contributed by atoms with van der Waals surface area (Å²) in [6.45, 7) is 7.99. The van der Waals surface area contributed by atoms with Crippen LogP contribution in [-0.2, 0) is 14.9 Å². The number of rotatable bonds is 3. The lowest BCUT2D eigenvalue weighted by molar-refractivity contribution is -0.142. The molecule has 5 nitrogen and oxygen atoms in total. The van der Waals surface area contributed by atoms with Gasteiger partial charge in [0.25, 0.3) is 0 Å². The van der Waals surface area contributed by atoms with E-state index >= 15 is 0 Å². The van der Waals surface area contributed by atoms with E-state index in [1.54, 1.807) is 20.8 Å². The Balaban J connectivity index is 3.14. The largest absolute Gasteiger partial charge is 0.481 e. The summed E-state index contributed by atoms with van der Waals surface area (Å²) < 4.78 is 18.5. The molecule has 21 heavy (non-hydrogen) atoms. The second-order valence-corrected chi connectivity index (χ2v) is 6.25. The third-order valence-corrected chi connectivity index (χ3v) is 2.83. The molecule has 0 unspecified atom stereocenters. The SMILES string of the molecule is CC(C)(C)OC(=O)Nc1ccc(F)cc1C(C)(C)C(=O)O. The molecule has 0 aliphatic rings. The molecule has 0 aromatic heterocycles. The smallest absolute Gasteiger partial charge is 0.412 e. The summed E-state index contributed by atoms with van der Waals surface area (Å²) in [5, 5.41) is 11.7. The minimum Gasteiger partial charge on any atom is -0.481 e. The van der Waals surface area contributed by atoms with E-state index in [4.69, 9.17) is 4.74 Å². The quantitative estimate of drug-likeness (QED) is 0.894. The topological polar surface area (TPSA) is 75.6 Å². The van der Waals surface area contributed by atoms with Crippen molar-refractivity contribution >= 4 is 17.7 Å². The second kappa shape index (κ2) is 5.71.